The second-order valence-corrected chi connectivity index (χ2v) is 5.17. The van der Waals surface area contributed by atoms with Crippen molar-refractivity contribution in [3.8, 4) is 0 Å². The van der Waals surface area contributed by atoms with Gasteiger partial charge in [-0.05, 0) is 38.0 Å². The summed E-state index contributed by atoms with van der Waals surface area (Å²) in [6.07, 6.45) is 1.68. The number of benzene rings is 1. The van der Waals surface area contributed by atoms with Crippen molar-refractivity contribution < 1.29 is 18.7 Å². The van der Waals surface area contributed by atoms with Gasteiger partial charge < -0.3 is 14.4 Å². The number of carbonyl (C=O) groups is 1. The molecule has 20 heavy (non-hydrogen) atoms. The van der Waals surface area contributed by atoms with Crippen LogP contribution in [0.3, 0.4) is 0 Å². The van der Waals surface area contributed by atoms with Crippen LogP contribution in [0.25, 0.3) is 11.0 Å². The van der Waals surface area contributed by atoms with E-state index in [0.717, 1.165) is 12.8 Å². The average molecular weight is 277 g/mol. The summed E-state index contributed by atoms with van der Waals surface area (Å²) >= 11 is 0. The molecular weight excluding hydrogens is 261 g/mol. The lowest BCUT2D eigenvalue weighted by molar-refractivity contribution is 0.0647. The Morgan fingerprint density at radius 2 is 2.35 bits per heavy atom. The van der Waals surface area contributed by atoms with Gasteiger partial charge in [0, 0.05) is 17.5 Å². The van der Waals surface area contributed by atoms with Crippen LogP contribution in [0.4, 0.5) is 4.39 Å². The summed E-state index contributed by atoms with van der Waals surface area (Å²) in [5.74, 6) is -0.337. The molecule has 5 heteroatoms. The Kier molecular flexibility index (Phi) is 3.22. The van der Waals surface area contributed by atoms with Crippen LogP contribution in [0.2, 0.25) is 0 Å². The van der Waals surface area contributed by atoms with Gasteiger partial charge in [-0.3, -0.25) is 4.79 Å². The molecule has 1 aromatic heterocycles. The zero-order chi connectivity index (χ0) is 14.3. The number of rotatable bonds is 2. The molecule has 106 valence electrons. The van der Waals surface area contributed by atoms with Crippen molar-refractivity contribution in [1.29, 1.82) is 0 Å². The van der Waals surface area contributed by atoms with Crippen molar-refractivity contribution in [3.05, 3.63) is 35.3 Å². The van der Waals surface area contributed by atoms with E-state index >= 15 is 0 Å². The monoisotopic (exact) mass is 277 g/mol. The lowest BCUT2D eigenvalue weighted by atomic mass is 10.1. The maximum Gasteiger partial charge on any atom is 0.290 e. The summed E-state index contributed by atoms with van der Waals surface area (Å²) in [5, 5.41) is 9.92. The third-order valence-electron chi connectivity index (χ3n) is 3.94. The first kappa shape index (κ1) is 13.1. The van der Waals surface area contributed by atoms with E-state index in [2.05, 4.69) is 0 Å². The van der Waals surface area contributed by atoms with Gasteiger partial charge in [-0.15, -0.1) is 0 Å². The molecule has 1 aliphatic rings. The molecule has 1 amide bonds. The lowest BCUT2D eigenvalue weighted by Crippen LogP contribution is -2.37. The molecule has 1 N–H and O–H groups in total. The van der Waals surface area contributed by atoms with Crippen molar-refractivity contribution in [3.63, 3.8) is 0 Å². The van der Waals surface area contributed by atoms with Gasteiger partial charge in [-0.25, -0.2) is 4.39 Å². The van der Waals surface area contributed by atoms with Gasteiger partial charge in [-0.2, -0.15) is 0 Å². The maximum absolute atomic E-state index is 13.3. The number of halogens is 1. The molecule has 2 heterocycles. The van der Waals surface area contributed by atoms with Crippen LogP contribution in [0.15, 0.2) is 22.6 Å². The van der Waals surface area contributed by atoms with Crippen molar-refractivity contribution in [2.24, 2.45) is 0 Å². The summed E-state index contributed by atoms with van der Waals surface area (Å²) in [7, 11) is 0. The van der Waals surface area contributed by atoms with Crippen LogP contribution >= 0.6 is 0 Å². The van der Waals surface area contributed by atoms with Crippen molar-refractivity contribution in [2.45, 2.75) is 25.8 Å². The molecule has 0 radical (unpaired) electrons. The molecule has 0 spiro atoms. The Labute approximate surface area is 115 Å². The van der Waals surface area contributed by atoms with Crippen LogP contribution in [0.5, 0.6) is 0 Å². The van der Waals surface area contributed by atoms with Gasteiger partial charge in [0.05, 0.1) is 12.6 Å². The first-order chi connectivity index (χ1) is 9.61. The summed E-state index contributed by atoms with van der Waals surface area (Å²) in [6.45, 7) is 2.33. The number of carbonyl (C=O) groups excluding carboxylic acids is 1. The molecular formula is C15H16FNO3. The van der Waals surface area contributed by atoms with Gasteiger partial charge in [-0.1, -0.05) is 0 Å². The largest absolute Gasteiger partial charge is 0.451 e. The highest BCUT2D eigenvalue weighted by Crippen LogP contribution is 2.29. The number of aryl methyl sites for hydroxylation is 1. The highest BCUT2D eigenvalue weighted by Gasteiger charge is 2.31. The number of nitrogens with zero attached hydrogens (tertiary/aromatic N) is 1. The van der Waals surface area contributed by atoms with Gasteiger partial charge in [0.2, 0.25) is 0 Å². The Bertz CT molecular complexity index is 664. The fourth-order valence-corrected chi connectivity index (χ4v) is 2.82. The Hall–Kier alpha value is -1.88. The molecule has 0 unspecified atom stereocenters. The van der Waals surface area contributed by atoms with Crippen LogP contribution < -0.4 is 0 Å². The van der Waals surface area contributed by atoms with Crippen LogP contribution in [-0.2, 0) is 0 Å². The quantitative estimate of drug-likeness (QED) is 0.917. The number of amides is 1. The number of hydrogen-bond acceptors (Lipinski definition) is 3. The minimum Gasteiger partial charge on any atom is -0.451 e. The first-order valence-corrected chi connectivity index (χ1v) is 6.72. The van der Waals surface area contributed by atoms with Gasteiger partial charge >= 0.3 is 0 Å². The van der Waals surface area contributed by atoms with E-state index in [1.807, 2.05) is 0 Å². The van der Waals surface area contributed by atoms with Crippen LogP contribution in [-0.4, -0.2) is 35.1 Å². The van der Waals surface area contributed by atoms with E-state index in [-0.39, 0.29) is 30.1 Å². The second-order valence-electron chi connectivity index (χ2n) is 5.17. The number of aliphatic hydroxyl groups is 1. The van der Waals surface area contributed by atoms with E-state index in [0.29, 0.717) is 23.1 Å². The predicted octanol–water partition coefficient (Wildman–Crippen LogP) is 2.48. The van der Waals surface area contributed by atoms with Crippen molar-refractivity contribution >= 4 is 16.9 Å². The maximum atomic E-state index is 13.3. The van der Waals surface area contributed by atoms with E-state index in [4.69, 9.17) is 4.42 Å². The fourth-order valence-electron chi connectivity index (χ4n) is 2.82. The second kappa shape index (κ2) is 4.90. The number of hydrogen-bond donors (Lipinski definition) is 1. The van der Waals surface area contributed by atoms with Gasteiger partial charge in [0.1, 0.15) is 11.4 Å². The van der Waals surface area contributed by atoms with Crippen molar-refractivity contribution in [2.75, 3.05) is 13.2 Å². The summed E-state index contributed by atoms with van der Waals surface area (Å²) in [6, 6.07) is 4.07. The topological polar surface area (TPSA) is 53.7 Å². The highest BCUT2D eigenvalue weighted by molar-refractivity contribution is 5.99. The molecule has 1 fully saturated rings. The molecule has 0 saturated carbocycles. The van der Waals surface area contributed by atoms with Gasteiger partial charge in [0.15, 0.2) is 5.76 Å². The third-order valence-corrected chi connectivity index (χ3v) is 3.94. The molecule has 1 saturated heterocycles. The lowest BCUT2D eigenvalue weighted by Gasteiger charge is -2.22. The number of likely N-dealkylation sites (tertiary alicyclic amines) is 1. The molecule has 1 aliphatic heterocycles. The highest BCUT2D eigenvalue weighted by atomic mass is 19.1. The third kappa shape index (κ3) is 1.98. The first-order valence-electron chi connectivity index (χ1n) is 6.72. The number of aliphatic hydroxyl groups excluding tert-OH is 1. The van der Waals surface area contributed by atoms with Crippen LogP contribution in [0.1, 0.15) is 29.0 Å². The predicted molar refractivity (Wildman–Crippen MR) is 72.1 cm³/mol. The molecule has 1 aromatic carbocycles. The standard InChI is InChI=1S/C15H16FNO3/c1-9-12-7-10(16)4-5-13(12)20-14(9)15(19)17-6-2-3-11(17)8-18/h4-5,7,11,18H,2-3,6,8H2,1H3/t11-/m0/s1. The Morgan fingerprint density at radius 3 is 3.10 bits per heavy atom. The molecule has 0 aliphatic carbocycles. The minimum atomic E-state index is -0.352. The molecule has 2 aromatic rings. The molecule has 1 atom stereocenters. The number of fused-ring (bicyclic) bond motifs is 1. The van der Waals surface area contributed by atoms with E-state index in [9.17, 15) is 14.3 Å². The molecule has 3 rings (SSSR count). The fraction of sp³-hybridized carbons (Fsp3) is 0.400. The smallest absolute Gasteiger partial charge is 0.290 e. The summed E-state index contributed by atoms with van der Waals surface area (Å²) in [5.41, 5.74) is 1.15. The minimum absolute atomic E-state index is 0.0420. The Morgan fingerprint density at radius 1 is 1.55 bits per heavy atom. The summed E-state index contributed by atoms with van der Waals surface area (Å²) < 4.78 is 18.9. The zero-order valence-electron chi connectivity index (χ0n) is 11.2. The van der Waals surface area contributed by atoms with E-state index in [1.165, 1.54) is 18.2 Å². The normalized spacial score (nSPS) is 18.9. The average Bonchev–Trinajstić information content (AvgIpc) is 3.03. The zero-order valence-corrected chi connectivity index (χ0v) is 11.2. The Balaban J connectivity index is 2.01. The summed E-state index contributed by atoms with van der Waals surface area (Å²) in [4.78, 5) is 14.2. The van der Waals surface area contributed by atoms with Crippen LogP contribution in [0, 0.1) is 12.7 Å². The number of furan rings is 1. The van der Waals surface area contributed by atoms with E-state index < -0.39 is 0 Å². The van der Waals surface area contributed by atoms with Gasteiger partial charge in [0.25, 0.3) is 5.91 Å². The SMILES string of the molecule is Cc1c(C(=O)N2CCC[C@H]2CO)oc2ccc(F)cc12. The molecule has 4 nitrogen and oxygen atoms in total. The van der Waals surface area contributed by atoms with Crippen molar-refractivity contribution in [1.82, 2.24) is 4.90 Å². The van der Waals surface area contributed by atoms with E-state index in [1.54, 1.807) is 11.8 Å². The molecule has 0 bridgehead atoms.